The fourth-order valence-corrected chi connectivity index (χ4v) is 3.79. The number of amides is 3. The molecule has 0 atom stereocenters. The first-order chi connectivity index (χ1) is 15.2. The summed E-state index contributed by atoms with van der Waals surface area (Å²) in [4.78, 5) is 39.3. The molecule has 8 heteroatoms. The molecule has 0 bridgehead atoms. The zero-order valence-corrected chi connectivity index (χ0v) is 19.9. The van der Waals surface area contributed by atoms with Gasteiger partial charge in [0.25, 0.3) is 11.8 Å². The first-order valence-corrected chi connectivity index (χ1v) is 10.7. The van der Waals surface area contributed by atoms with E-state index in [0.717, 1.165) is 22.4 Å². The van der Waals surface area contributed by atoms with Gasteiger partial charge in [-0.2, -0.15) is 0 Å². The van der Waals surface area contributed by atoms with Crippen LogP contribution < -0.4 is 15.5 Å². The van der Waals surface area contributed by atoms with Crippen molar-refractivity contribution in [2.24, 2.45) is 0 Å². The Hall–Kier alpha value is -3.39. The highest BCUT2D eigenvalue weighted by atomic mass is 79.9. The van der Waals surface area contributed by atoms with Gasteiger partial charge in [0.15, 0.2) is 10.4 Å². The lowest BCUT2D eigenvalue weighted by atomic mass is 10.1. The van der Waals surface area contributed by atoms with Crippen molar-refractivity contribution in [3.8, 4) is 0 Å². The van der Waals surface area contributed by atoms with E-state index in [1.165, 1.54) is 4.90 Å². The molecule has 2 aromatic carbocycles. The van der Waals surface area contributed by atoms with Crippen molar-refractivity contribution in [2.45, 2.75) is 20.8 Å². The number of carbonyl (C=O) groups excluding carboxylic acids is 3. The van der Waals surface area contributed by atoms with E-state index in [4.69, 9.17) is 4.42 Å². The van der Waals surface area contributed by atoms with Crippen molar-refractivity contribution in [1.82, 2.24) is 5.32 Å². The number of hydrogen-bond donors (Lipinski definition) is 2. The van der Waals surface area contributed by atoms with Gasteiger partial charge in [-0.25, -0.2) is 0 Å². The molecule has 2 N–H and O–H groups in total. The number of hydrogen-bond acceptors (Lipinski definition) is 4. The number of halogens is 1. The van der Waals surface area contributed by atoms with Gasteiger partial charge in [0.2, 0.25) is 5.91 Å². The highest BCUT2D eigenvalue weighted by Crippen LogP contribution is 2.24. The number of furan rings is 1. The molecule has 3 rings (SSSR count). The van der Waals surface area contributed by atoms with Crippen LogP contribution in [0.4, 0.5) is 11.4 Å². The monoisotopic (exact) mass is 497 g/mol. The normalized spacial score (nSPS) is 10.5. The maximum Gasteiger partial charge on any atom is 0.293 e. The van der Waals surface area contributed by atoms with Crippen LogP contribution in [-0.4, -0.2) is 31.3 Å². The minimum Gasteiger partial charge on any atom is -0.444 e. The van der Waals surface area contributed by atoms with Gasteiger partial charge in [0.05, 0.1) is 17.8 Å². The molecule has 0 spiro atoms. The number of nitrogens with one attached hydrogen (secondary N) is 2. The van der Waals surface area contributed by atoms with Crippen molar-refractivity contribution in [2.75, 3.05) is 23.8 Å². The molecule has 7 nitrogen and oxygen atoms in total. The van der Waals surface area contributed by atoms with E-state index in [1.54, 1.807) is 43.4 Å². The Morgan fingerprint density at radius 1 is 1.00 bits per heavy atom. The number of aryl methyl sites for hydroxylation is 3. The molecular weight excluding hydrogens is 474 g/mol. The summed E-state index contributed by atoms with van der Waals surface area (Å²) in [6.07, 6.45) is 0. The fourth-order valence-electron chi connectivity index (χ4n) is 3.48. The van der Waals surface area contributed by atoms with Crippen LogP contribution in [0.1, 0.15) is 37.6 Å². The Kier molecular flexibility index (Phi) is 7.15. The Labute approximate surface area is 194 Å². The summed E-state index contributed by atoms with van der Waals surface area (Å²) in [5.41, 5.74) is 4.43. The summed E-state index contributed by atoms with van der Waals surface area (Å²) in [6.45, 7) is 5.64. The number of anilines is 2. The van der Waals surface area contributed by atoms with Crippen LogP contribution in [0.2, 0.25) is 0 Å². The topological polar surface area (TPSA) is 91.7 Å². The van der Waals surface area contributed by atoms with Gasteiger partial charge in [-0.05, 0) is 72.1 Å². The first kappa shape index (κ1) is 23.3. The minimum absolute atomic E-state index is 0.137. The largest absolute Gasteiger partial charge is 0.444 e. The van der Waals surface area contributed by atoms with Crippen molar-refractivity contribution in [3.05, 3.63) is 81.2 Å². The third-order valence-electron chi connectivity index (χ3n) is 4.95. The van der Waals surface area contributed by atoms with E-state index >= 15 is 0 Å². The van der Waals surface area contributed by atoms with E-state index in [2.05, 4.69) is 26.6 Å². The molecule has 0 aliphatic heterocycles. The molecular formula is C24H24BrN3O4. The molecule has 0 fully saturated rings. The van der Waals surface area contributed by atoms with E-state index in [9.17, 15) is 14.4 Å². The van der Waals surface area contributed by atoms with E-state index < -0.39 is 11.8 Å². The van der Waals surface area contributed by atoms with Crippen molar-refractivity contribution in [1.29, 1.82) is 0 Å². The fraction of sp³-hybridized carbons (Fsp3) is 0.208. The number of para-hydroxylation sites is 1. The first-order valence-electron chi connectivity index (χ1n) is 9.95. The molecule has 0 saturated carbocycles. The van der Waals surface area contributed by atoms with Gasteiger partial charge in [-0.15, -0.1) is 0 Å². The Balaban J connectivity index is 1.70. The lowest BCUT2D eigenvalue weighted by Gasteiger charge is -2.19. The summed E-state index contributed by atoms with van der Waals surface area (Å²) < 4.78 is 5.76. The van der Waals surface area contributed by atoms with Crippen LogP contribution in [0.3, 0.4) is 0 Å². The summed E-state index contributed by atoms with van der Waals surface area (Å²) in [6, 6.07) is 13.8. The third-order valence-corrected chi connectivity index (χ3v) is 5.38. The van der Waals surface area contributed by atoms with Gasteiger partial charge >= 0.3 is 0 Å². The maximum atomic E-state index is 12.8. The van der Waals surface area contributed by atoms with Crippen LogP contribution in [0.15, 0.2) is 57.6 Å². The summed E-state index contributed by atoms with van der Waals surface area (Å²) in [5.74, 6) is -1.07. The van der Waals surface area contributed by atoms with Crippen molar-refractivity contribution >= 4 is 45.0 Å². The molecule has 3 aromatic rings. The zero-order chi connectivity index (χ0) is 23.4. The smallest absolute Gasteiger partial charge is 0.293 e. The Bertz CT molecular complexity index is 1160. The van der Waals surface area contributed by atoms with Gasteiger partial charge < -0.3 is 20.0 Å². The standard InChI is InChI=1S/C24H24BrN3O4/c1-14-11-15(2)22(16(3)12-14)27-21(29)13-26-23(30)17-7-5-6-8-18(17)28(4)24(31)19-9-10-20(25)32-19/h5-12H,13H2,1-4H3,(H,26,30)(H,27,29). The highest BCUT2D eigenvalue weighted by molar-refractivity contribution is 9.10. The lowest BCUT2D eigenvalue weighted by Crippen LogP contribution is -2.35. The lowest BCUT2D eigenvalue weighted by molar-refractivity contribution is -0.115. The molecule has 0 unspecified atom stereocenters. The summed E-state index contributed by atoms with van der Waals surface area (Å²) in [5, 5.41) is 5.48. The number of rotatable bonds is 6. The average molecular weight is 498 g/mol. The van der Waals surface area contributed by atoms with Gasteiger partial charge in [0.1, 0.15) is 0 Å². The van der Waals surface area contributed by atoms with E-state index in [-0.39, 0.29) is 23.8 Å². The average Bonchev–Trinajstić information content (AvgIpc) is 3.19. The molecule has 1 aromatic heterocycles. The van der Waals surface area contributed by atoms with Gasteiger partial charge in [-0.3, -0.25) is 14.4 Å². The summed E-state index contributed by atoms with van der Waals surface area (Å²) in [7, 11) is 1.56. The zero-order valence-electron chi connectivity index (χ0n) is 18.3. The predicted octanol–water partition coefficient (Wildman–Crippen LogP) is 4.61. The third kappa shape index (κ3) is 5.26. The SMILES string of the molecule is Cc1cc(C)c(NC(=O)CNC(=O)c2ccccc2N(C)C(=O)c2ccc(Br)o2)c(C)c1. The van der Waals surface area contributed by atoms with Gasteiger partial charge in [0, 0.05) is 12.7 Å². The second-order valence-electron chi connectivity index (χ2n) is 7.49. The van der Waals surface area contributed by atoms with Crippen LogP contribution in [0.5, 0.6) is 0 Å². The van der Waals surface area contributed by atoms with E-state index in [1.807, 2.05) is 32.9 Å². The molecule has 3 amide bonds. The number of nitrogens with zero attached hydrogens (tertiary/aromatic N) is 1. The van der Waals surface area contributed by atoms with Crippen LogP contribution in [-0.2, 0) is 4.79 Å². The molecule has 0 radical (unpaired) electrons. The quantitative estimate of drug-likeness (QED) is 0.519. The second kappa shape index (κ2) is 9.82. The highest BCUT2D eigenvalue weighted by Gasteiger charge is 2.22. The van der Waals surface area contributed by atoms with Gasteiger partial charge in [-0.1, -0.05) is 29.8 Å². The number of benzene rings is 2. The van der Waals surface area contributed by atoms with E-state index in [0.29, 0.717) is 10.4 Å². The maximum absolute atomic E-state index is 12.8. The van der Waals surface area contributed by atoms with Crippen molar-refractivity contribution in [3.63, 3.8) is 0 Å². The van der Waals surface area contributed by atoms with Crippen LogP contribution >= 0.6 is 15.9 Å². The molecule has 166 valence electrons. The molecule has 0 aliphatic rings. The number of carbonyl (C=O) groups is 3. The molecule has 0 aliphatic carbocycles. The minimum atomic E-state index is -0.464. The van der Waals surface area contributed by atoms with Crippen LogP contribution in [0.25, 0.3) is 0 Å². The predicted molar refractivity (Wildman–Crippen MR) is 127 cm³/mol. The van der Waals surface area contributed by atoms with Crippen LogP contribution in [0, 0.1) is 20.8 Å². The van der Waals surface area contributed by atoms with Crippen molar-refractivity contribution < 1.29 is 18.8 Å². The molecule has 1 heterocycles. The Morgan fingerprint density at radius 2 is 1.66 bits per heavy atom. The Morgan fingerprint density at radius 3 is 2.28 bits per heavy atom. The second-order valence-corrected chi connectivity index (χ2v) is 8.27. The molecule has 32 heavy (non-hydrogen) atoms. The summed E-state index contributed by atoms with van der Waals surface area (Å²) >= 11 is 3.17. The molecule has 0 saturated heterocycles.